The Morgan fingerprint density at radius 1 is 0.793 bits per heavy atom. The van der Waals surface area contributed by atoms with E-state index in [1.807, 2.05) is 14.1 Å². The van der Waals surface area contributed by atoms with Crippen molar-refractivity contribution in [3.05, 3.63) is 0 Å². The van der Waals surface area contributed by atoms with Gasteiger partial charge >= 0.3 is 5.96 Å². The number of quaternary nitrogens is 1. The molecule has 174 valence electrons. The zero-order valence-corrected chi connectivity index (χ0v) is 21.4. The molecule has 0 aliphatic carbocycles. The van der Waals surface area contributed by atoms with E-state index < -0.39 is 0 Å². The first-order chi connectivity index (χ1) is 13.5. The fourth-order valence-corrected chi connectivity index (χ4v) is 3.61. The van der Waals surface area contributed by atoms with Crippen molar-refractivity contribution in [1.82, 2.24) is 15.3 Å². The average Bonchev–Trinajstić information content (AvgIpc) is 2.71. The van der Waals surface area contributed by atoms with Gasteiger partial charge in [-0.1, -0.05) is 53.4 Å². The summed E-state index contributed by atoms with van der Waals surface area (Å²) < 4.78 is 0.987. The Balaban J connectivity index is 0. The van der Waals surface area contributed by atoms with Crippen LogP contribution in [-0.2, 0) is 0 Å². The number of guanidine groups is 2. The van der Waals surface area contributed by atoms with Gasteiger partial charge in [0.25, 0.3) is 0 Å². The highest BCUT2D eigenvalue weighted by Gasteiger charge is 2.37. The molecule has 0 fully saturated rings. The van der Waals surface area contributed by atoms with E-state index in [9.17, 15) is 0 Å². The number of hydrazine groups is 1. The van der Waals surface area contributed by atoms with Crippen LogP contribution in [0.4, 0.5) is 0 Å². The number of aliphatic imine (C=N–C) groups is 2. The fraction of sp³-hybridized carbons (Fsp3) is 0.909. The van der Waals surface area contributed by atoms with Crippen molar-refractivity contribution >= 4 is 11.9 Å². The molecule has 0 atom stereocenters. The molecule has 0 aromatic carbocycles. The SMILES string of the molecule is CCCC/N=C(\N(C)N(C)/C(=N/C)NC)[N+](CCCC)(CCCC)CCCC.[Cl-]. The van der Waals surface area contributed by atoms with Gasteiger partial charge in [-0.25, -0.2) is 10.0 Å². The number of nitrogens with one attached hydrogen (secondary N) is 1. The highest BCUT2D eigenvalue weighted by Crippen LogP contribution is 2.20. The number of hydrogen-bond donors (Lipinski definition) is 1. The Bertz CT molecular complexity index is 431. The predicted molar refractivity (Wildman–Crippen MR) is 125 cm³/mol. The summed E-state index contributed by atoms with van der Waals surface area (Å²) in [6.07, 6.45) is 9.68. The summed E-state index contributed by atoms with van der Waals surface area (Å²) in [4.78, 5) is 9.61. The van der Waals surface area contributed by atoms with E-state index in [1.165, 1.54) is 50.9 Å². The van der Waals surface area contributed by atoms with Crippen LogP contribution in [0.15, 0.2) is 9.98 Å². The molecule has 7 heteroatoms. The van der Waals surface area contributed by atoms with Gasteiger partial charge in [-0.05, 0) is 25.7 Å². The van der Waals surface area contributed by atoms with E-state index in [4.69, 9.17) is 4.99 Å². The van der Waals surface area contributed by atoms with Gasteiger partial charge in [0.05, 0.1) is 19.6 Å². The molecule has 6 nitrogen and oxygen atoms in total. The molecule has 0 radical (unpaired) electrons. The van der Waals surface area contributed by atoms with Crippen molar-refractivity contribution in [1.29, 1.82) is 0 Å². The number of halogens is 1. The fourth-order valence-electron chi connectivity index (χ4n) is 3.61. The quantitative estimate of drug-likeness (QED) is 0.166. The minimum Gasteiger partial charge on any atom is -1.00 e. The summed E-state index contributed by atoms with van der Waals surface area (Å²) >= 11 is 0. The van der Waals surface area contributed by atoms with E-state index in [0.717, 1.165) is 43.0 Å². The monoisotopic (exact) mass is 432 g/mol. The number of unbranched alkanes of at least 4 members (excludes halogenated alkanes) is 4. The Kier molecular flexibility index (Phi) is 18.5. The third kappa shape index (κ3) is 10.0. The minimum atomic E-state index is 0. The summed E-state index contributed by atoms with van der Waals surface area (Å²) in [5.74, 6) is 2.05. The molecule has 0 aliphatic heterocycles. The molecule has 0 saturated carbocycles. The van der Waals surface area contributed by atoms with Gasteiger partial charge in [-0.15, -0.1) is 0 Å². The Morgan fingerprint density at radius 2 is 1.24 bits per heavy atom. The van der Waals surface area contributed by atoms with E-state index in [-0.39, 0.29) is 12.4 Å². The summed E-state index contributed by atoms with van der Waals surface area (Å²) in [6.45, 7) is 13.5. The lowest BCUT2D eigenvalue weighted by Gasteiger charge is -2.44. The first kappa shape index (κ1) is 30.2. The predicted octanol–water partition coefficient (Wildman–Crippen LogP) is 1.35. The lowest BCUT2D eigenvalue weighted by molar-refractivity contribution is -0.849. The average molecular weight is 433 g/mol. The zero-order chi connectivity index (χ0) is 21.4. The van der Waals surface area contributed by atoms with Crippen molar-refractivity contribution in [2.24, 2.45) is 9.98 Å². The highest BCUT2D eigenvalue weighted by atomic mass is 35.5. The first-order valence-corrected chi connectivity index (χ1v) is 11.5. The van der Waals surface area contributed by atoms with Crippen molar-refractivity contribution in [3.8, 4) is 0 Å². The third-order valence-corrected chi connectivity index (χ3v) is 5.49. The third-order valence-electron chi connectivity index (χ3n) is 5.49. The van der Waals surface area contributed by atoms with Crippen LogP contribution in [0.1, 0.15) is 79.1 Å². The van der Waals surface area contributed by atoms with Crippen LogP contribution in [0.3, 0.4) is 0 Å². The summed E-state index contributed by atoms with van der Waals surface area (Å²) in [5, 5.41) is 7.54. The van der Waals surface area contributed by atoms with Crippen molar-refractivity contribution in [2.75, 3.05) is 54.4 Å². The largest absolute Gasteiger partial charge is 1.00 e. The van der Waals surface area contributed by atoms with Crippen LogP contribution in [0, 0.1) is 0 Å². The second kappa shape index (κ2) is 17.8. The standard InChI is InChI=1S/C22H49N6.ClH/c1-9-13-17-25-22(27(8)26(7)21(23-5)24-6)28(18-14-10-2,19-15-11-3)20-16-12-4;/h9-20H2,1-8H3,(H,23,24);1H/q+1;/p-1/b25-22+;. The van der Waals surface area contributed by atoms with Gasteiger partial charge in [0.1, 0.15) is 0 Å². The maximum atomic E-state index is 5.21. The van der Waals surface area contributed by atoms with E-state index in [2.05, 4.69) is 62.1 Å². The summed E-state index contributed by atoms with van der Waals surface area (Å²) in [7, 11) is 7.97. The van der Waals surface area contributed by atoms with Gasteiger partial charge in [-0.3, -0.25) is 14.5 Å². The molecule has 0 spiro atoms. The highest BCUT2D eigenvalue weighted by molar-refractivity contribution is 5.82. The Hall–Kier alpha value is -1.01. The molecule has 0 bridgehead atoms. The van der Waals surface area contributed by atoms with Crippen LogP contribution in [0.2, 0.25) is 0 Å². The smallest absolute Gasteiger partial charge is 0.319 e. The van der Waals surface area contributed by atoms with Crippen LogP contribution in [-0.4, -0.2) is 80.8 Å². The molecule has 0 saturated heterocycles. The first-order valence-electron chi connectivity index (χ1n) is 11.5. The molecular weight excluding hydrogens is 384 g/mol. The topological polar surface area (TPSA) is 43.2 Å². The van der Waals surface area contributed by atoms with Crippen LogP contribution >= 0.6 is 0 Å². The van der Waals surface area contributed by atoms with Gasteiger partial charge in [0.15, 0.2) is 0 Å². The van der Waals surface area contributed by atoms with E-state index in [0.29, 0.717) is 0 Å². The number of nitrogens with zero attached hydrogens (tertiary/aromatic N) is 5. The molecule has 0 aromatic rings. The molecular formula is C22H49ClN6. The molecule has 0 heterocycles. The van der Waals surface area contributed by atoms with Gasteiger partial charge < -0.3 is 17.7 Å². The van der Waals surface area contributed by atoms with E-state index >= 15 is 0 Å². The second-order valence-electron chi connectivity index (χ2n) is 7.76. The van der Waals surface area contributed by atoms with Crippen molar-refractivity contribution in [3.63, 3.8) is 0 Å². The molecule has 0 rings (SSSR count). The molecule has 0 aliphatic rings. The molecule has 29 heavy (non-hydrogen) atoms. The molecule has 0 amide bonds. The van der Waals surface area contributed by atoms with Crippen molar-refractivity contribution < 1.29 is 16.9 Å². The number of hydrogen-bond acceptors (Lipinski definition) is 2. The minimum absolute atomic E-state index is 0. The van der Waals surface area contributed by atoms with Crippen LogP contribution in [0.25, 0.3) is 0 Å². The van der Waals surface area contributed by atoms with Gasteiger partial charge in [0, 0.05) is 34.7 Å². The second-order valence-corrected chi connectivity index (χ2v) is 7.76. The normalized spacial score (nSPS) is 12.6. The van der Waals surface area contributed by atoms with E-state index in [1.54, 1.807) is 0 Å². The van der Waals surface area contributed by atoms with Gasteiger partial charge in [0.2, 0.25) is 5.96 Å². The Labute approximate surface area is 187 Å². The lowest BCUT2D eigenvalue weighted by atomic mass is 10.1. The maximum absolute atomic E-state index is 5.21. The maximum Gasteiger partial charge on any atom is 0.319 e. The molecule has 0 aromatic heterocycles. The van der Waals surface area contributed by atoms with Gasteiger partial charge in [-0.2, -0.15) is 0 Å². The Morgan fingerprint density at radius 3 is 1.59 bits per heavy atom. The lowest BCUT2D eigenvalue weighted by Crippen LogP contribution is -3.00. The zero-order valence-electron chi connectivity index (χ0n) is 20.6. The van der Waals surface area contributed by atoms with Crippen molar-refractivity contribution in [2.45, 2.75) is 79.1 Å². The summed E-state index contributed by atoms with van der Waals surface area (Å²) in [5.41, 5.74) is 0. The van der Waals surface area contributed by atoms with Crippen LogP contribution < -0.4 is 17.7 Å². The molecule has 1 N–H and O–H groups in total. The summed E-state index contributed by atoms with van der Waals surface area (Å²) in [6, 6.07) is 0. The number of rotatable bonds is 12. The molecule has 0 unspecified atom stereocenters. The van der Waals surface area contributed by atoms with Crippen LogP contribution in [0.5, 0.6) is 0 Å².